The Labute approximate surface area is 132 Å². The summed E-state index contributed by atoms with van der Waals surface area (Å²) < 4.78 is 6.11. The molecule has 0 saturated heterocycles. The molecule has 0 bridgehead atoms. The average Bonchev–Trinajstić information content (AvgIpc) is 2.42. The number of ether oxygens (including phenoxy) is 1. The Hall–Kier alpha value is -1.56. The van der Waals surface area contributed by atoms with Crippen LogP contribution in [-0.2, 0) is 0 Å². The zero-order valence-electron chi connectivity index (χ0n) is 11.7. The molecule has 3 nitrogen and oxygen atoms in total. The Morgan fingerprint density at radius 1 is 1.15 bits per heavy atom. The van der Waals surface area contributed by atoms with Crippen molar-refractivity contribution in [3.05, 3.63) is 56.7 Å². The first kappa shape index (κ1) is 14.8. The maximum absolute atomic E-state index is 12.3. The molecule has 0 aliphatic heterocycles. The molecule has 0 aromatic heterocycles. The molecule has 0 aliphatic rings. The second kappa shape index (κ2) is 6.26. The van der Waals surface area contributed by atoms with Crippen molar-refractivity contribution in [3.8, 4) is 5.75 Å². The highest BCUT2D eigenvalue weighted by atomic mass is 127. The molecule has 0 spiro atoms. The number of benzene rings is 2. The third-order valence-electron chi connectivity index (χ3n) is 3.13. The summed E-state index contributed by atoms with van der Waals surface area (Å²) in [5, 5.41) is 2.98. The van der Waals surface area contributed by atoms with Gasteiger partial charge in [-0.05, 0) is 65.8 Å². The summed E-state index contributed by atoms with van der Waals surface area (Å²) in [6, 6.07) is 11.4. The molecule has 1 N–H and O–H groups in total. The van der Waals surface area contributed by atoms with Crippen LogP contribution in [0, 0.1) is 17.4 Å². The number of hydrogen-bond acceptors (Lipinski definition) is 2. The number of halogens is 1. The van der Waals surface area contributed by atoms with E-state index in [0.717, 1.165) is 26.1 Å². The summed E-state index contributed by atoms with van der Waals surface area (Å²) in [7, 11) is 1.62. The minimum Gasteiger partial charge on any atom is -0.496 e. The van der Waals surface area contributed by atoms with Gasteiger partial charge in [0.25, 0.3) is 5.91 Å². The molecule has 20 heavy (non-hydrogen) atoms. The fraction of sp³-hybridized carbons (Fsp3) is 0.188. The first-order valence-corrected chi connectivity index (χ1v) is 7.32. The van der Waals surface area contributed by atoms with E-state index in [1.54, 1.807) is 19.2 Å². The molecule has 104 valence electrons. The lowest BCUT2D eigenvalue weighted by molar-refractivity contribution is 0.102. The van der Waals surface area contributed by atoms with Crippen LogP contribution >= 0.6 is 22.6 Å². The van der Waals surface area contributed by atoms with Crippen LogP contribution < -0.4 is 10.1 Å². The van der Waals surface area contributed by atoms with E-state index < -0.39 is 0 Å². The Bertz CT molecular complexity index is 633. The van der Waals surface area contributed by atoms with Gasteiger partial charge < -0.3 is 10.1 Å². The lowest BCUT2D eigenvalue weighted by Crippen LogP contribution is -2.14. The SMILES string of the molecule is COc1ccc(C(=O)Nc2c(C)cccc2C)cc1I. The van der Waals surface area contributed by atoms with Crippen LogP contribution in [0.15, 0.2) is 36.4 Å². The van der Waals surface area contributed by atoms with Gasteiger partial charge in [0, 0.05) is 11.3 Å². The number of anilines is 1. The minimum atomic E-state index is -0.108. The van der Waals surface area contributed by atoms with Crippen LogP contribution in [0.25, 0.3) is 0 Å². The highest BCUT2D eigenvalue weighted by Crippen LogP contribution is 2.24. The highest BCUT2D eigenvalue weighted by Gasteiger charge is 2.11. The van der Waals surface area contributed by atoms with Gasteiger partial charge in [-0.2, -0.15) is 0 Å². The van der Waals surface area contributed by atoms with Crippen molar-refractivity contribution in [2.24, 2.45) is 0 Å². The Kier molecular flexibility index (Phi) is 4.65. The normalized spacial score (nSPS) is 10.2. The average molecular weight is 381 g/mol. The molecule has 0 atom stereocenters. The third kappa shape index (κ3) is 3.12. The molecule has 0 aliphatic carbocycles. The van der Waals surface area contributed by atoms with Gasteiger partial charge >= 0.3 is 0 Å². The summed E-state index contributed by atoms with van der Waals surface area (Å²) in [6.45, 7) is 3.97. The Balaban J connectivity index is 2.26. The lowest BCUT2D eigenvalue weighted by Gasteiger charge is -2.12. The fourth-order valence-electron chi connectivity index (χ4n) is 2.00. The second-order valence-electron chi connectivity index (χ2n) is 4.57. The number of hydrogen-bond donors (Lipinski definition) is 1. The lowest BCUT2D eigenvalue weighted by atomic mass is 10.1. The van der Waals surface area contributed by atoms with E-state index in [1.165, 1.54) is 0 Å². The maximum atomic E-state index is 12.3. The van der Waals surface area contributed by atoms with Crippen molar-refractivity contribution in [2.45, 2.75) is 13.8 Å². The molecular weight excluding hydrogens is 365 g/mol. The summed E-state index contributed by atoms with van der Waals surface area (Å²) in [5.41, 5.74) is 3.62. The Morgan fingerprint density at radius 3 is 2.35 bits per heavy atom. The van der Waals surface area contributed by atoms with Crippen LogP contribution in [0.2, 0.25) is 0 Å². The topological polar surface area (TPSA) is 38.3 Å². The summed E-state index contributed by atoms with van der Waals surface area (Å²) in [5.74, 6) is 0.664. The Morgan fingerprint density at radius 2 is 1.80 bits per heavy atom. The van der Waals surface area contributed by atoms with E-state index in [1.807, 2.05) is 38.1 Å². The first-order valence-electron chi connectivity index (χ1n) is 6.24. The summed E-state index contributed by atoms with van der Waals surface area (Å²) in [6.07, 6.45) is 0. The molecular formula is C16H16INO2. The minimum absolute atomic E-state index is 0.108. The number of carbonyl (C=O) groups is 1. The third-order valence-corrected chi connectivity index (χ3v) is 3.98. The van der Waals surface area contributed by atoms with Gasteiger partial charge in [0.2, 0.25) is 0 Å². The monoisotopic (exact) mass is 381 g/mol. The highest BCUT2D eigenvalue weighted by molar-refractivity contribution is 14.1. The van der Waals surface area contributed by atoms with Gasteiger partial charge in [0.1, 0.15) is 5.75 Å². The van der Waals surface area contributed by atoms with Crippen LogP contribution in [0.4, 0.5) is 5.69 Å². The van der Waals surface area contributed by atoms with E-state index >= 15 is 0 Å². The standard InChI is InChI=1S/C16H16INO2/c1-10-5-4-6-11(2)15(10)18-16(19)12-7-8-14(20-3)13(17)9-12/h4-9H,1-3H3,(H,18,19). The molecule has 4 heteroatoms. The number of carbonyl (C=O) groups excluding carboxylic acids is 1. The van der Waals surface area contributed by atoms with Crippen LogP contribution in [-0.4, -0.2) is 13.0 Å². The van der Waals surface area contributed by atoms with Crippen LogP contribution in [0.5, 0.6) is 5.75 Å². The van der Waals surface area contributed by atoms with E-state index in [4.69, 9.17) is 4.74 Å². The van der Waals surface area contributed by atoms with E-state index in [9.17, 15) is 4.79 Å². The molecule has 0 radical (unpaired) electrons. The smallest absolute Gasteiger partial charge is 0.255 e. The summed E-state index contributed by atoms with van der Waals surface area (Å²) >= 11 is 2.16. The maximum Gasteiger partial charge on any atom is 0.255 e. The van der Waals surface area contributed by atoms with Gasteiger partial charge in [-0.3, -0.25) is 4.79 Å². The van der Waals surface area contributed by atoms with Crippen molar-refractivity contribution in [2.75, 3.05) is 12.4 Å². The van der Waals surface area contributed by atoms with E-state index in [-0.39, 0.29) is 5.91 Å². The fourth-order valence-corrected chi connectivity index (χ4v) is 2.74. The first-order chi connectivity index (χ1) is 9.52. The second-order valence-corrected chi connectivity index (χ2v) is 5.73. The van der Waals surface area contributed by atoms with E-state index in [0.29, 0.717) is 5.56 Å². The van der Waals surface area contributed by atoms with Crippen LogP contribution in [0.1, 0.15) is 21.5 Å². The zero-order chi connectivity index (χ0) is 14.7. The number of nitrogens with one attached hydrogen (secondary N) is 1. The van der Waals surface area contributed by atoms with Crippen molar-refractivity contribution in [3.63, 3.8) is 0 Å². The van der Waals surface area contributed by atoms with Gasteiger partial charge in [0.15, 0.2) is 0 Å². The van der Waals surface area contributed by atoms with Gasteiger partial charge in [0.05, 0.1) is 10.7 Å². The van der Waals surface area contributed by atoms with Crippen molar-refractivity contribution >= 4 is 34.2 Å². The molecule has 0 heterocycles. The number of para-hydroxylation sites is 1. The van der Waals surface area contributed by atoms with Gasteiger partial charge in [-0.25, -0.2) is 0 Å². The molecule has 2 aromatic rings. The predicted octanol–water partition coefficient (Wildman–Crippen LogP) is 4.17. The van der Waals surface area contributed by atoms with Crippen molar-refractivity contribution in [1.29, 1.82) is 0 Å². The summed E-state index contributed by atoms with van der Waals surface area (Å²) in [4.78, 5) is 12.3. The van der Waals surface area contributed by atoms with Crippen molar-refractivity contribution in [1.82, 2.24) is 0 Å². The predicted molar refractivity (Wildman–Crippen MR) is 89.6 cm³/mol. The molecule has 0 fully saturated rings. The quantitative estimate of drug-likeness (QED) is 0.811. The van der Waals surface area contributed by atoms with E-state index in [2.05, 4.69) is 27.9 Å². The zero-order valence-corrected chi connectivity index (χ0v) is 13.8. The largest absolute Gasteiger partial charge is 0.496 e. The molecule has 2 rings (SSSR count). The molecule has 0 unspecified atom stereocenters. The number of methoxy groups -OCH3 is 1. The molecule has 1 amide bonds. The van der Waals surface area contributed by atoms with Gasteiger partial charge in [-0.1, -0.05) is 18.2 Å². The van der Waals surface area contributed by atoms with Crippen LogP contribution in [0.3, 0.4) is 0 Å². The van der Waals surface area contributed by atoms with Crippen molar-refractivity contribution < 1.29 is 9.53 Å². The molecule has 2 aromatic carbocycles. The van der Waals surface area contributed by atoms with Gasteiger partial charge in [-0.15, -0.1) is 0 Å². The molecule has 0 saturated carbocycles. The number of aryl methyl sites for hydroxylation is 2. The number of rotatable bonds is 3. The number of amides is 1.